The van der Waals surface area contributed by atoms with Crippen molar-refractivity contribution in [1.29, 1.82) is 0 Å². The second-order valence-corrected chi connectivity index (χ2v) is 5.30. The molecule has 0 atom stereocenters. The molecule has 128 valence electrons. The van der Waals surface area contributed by atoms with Crippen molar-refractivity contribution in [1.82, 2.24) is 10.5 Å². The quantitative estimate of drug-likeness (QED) is 0.809. The summed E-state index contributed by atoms with van der Waals surface area (Å²) in [4.78, 5) is 23.6. The maximum absolute atomic E-state index is 12.2. The summed E-state index contributed by atoms with van der Waals surface area (Å²) in [5.41, 5.74) is 2.10. The van der Waals surface area contributed by atoms with Crippen molar-refractivity contribution >= 4 is 17.5 Å². The van der Waals surface area contributed by atoms with Gasteiger partial charge < -0.3 is 19.9 Å². The summed E-state index contributed by atoms with van der Waals surface area (Å²) in [5.74, 6) is 0.786. The summed E-state index contributed by atoms with van der Waals surface area (Å²) in [7, 11) is 0. The van der Waals surface area contributed by atoms with Crippen LogP contribution in [-0.2, 0) is 16.0 Å². The van der Waals surface area contributed by atoms with Crippen molar-refractivity contribution in [2.45, 2.75) is 27.2 Å². The van der Waals surface area contributed by atoms with Crippen LogP contribution in [0.15, 0.2) is 28.8 Å². The molecule has 0 aliphatic heterocycles. The number of hydrogen-bond donors (Lipinski definition) is 2. The number of amides is 2. The minimum absolute atomic E-state index is 0.0652. The lowest BCUT2D eigenvalue weighted by Crippen LogP contribution is -2.28. The van der Waals surface area contributed by atoms with Crippen molar-refractivity contribution in [3.05, 3.63) is 41.3 Å². The average Bonchev–Trinajstić information content (AvgIpc) is 2.85. The van der Waals surface area contributed by atoms with Crippen LogP contribution in [-0.4, -0.2) is 30.1 Å². The molecular formula is C17H21N3O4. The largest absolute Gasteiger partial charge is 0.484 e. The van der Waals surface area contributed by atoms with Crippen LogP contribution in [0.2, 0.25) is 0 Å². The Balaban J connectivity index is 1.94. The standard InChI is InChI=1S/C17H21N3O4/c1-4-18-17(22)10-23-14-7-5-6-13(8-14)19-16(21)9-15-11(2)20-24-12(15)3/h5-8H,4,9-10H2,1-3H3,(H,18,22)(H,19,21). The van der Waals surface area contributed by atoms with E-state index in [-0.39, 0.29) is 24.8 Å². The number of anilines is 1. The van der Waals surface area contributed by atoms with Gasteiger partial charge >= 0.3 is 0 Å². The number of nitrogens with one attached hydrogen (secondary N) is 2. The number of benzene rings is 1. The molecule has 1 aromatic carbocycles. The Kier molecular flexibility index (Phi) is 5.95. The molecular weight excluding hydrogens is 310 g/mol. The van der Waals surface area contributed by atoms with Crippen LogP contribution in [0.4, 0.5) is 5.69 Å². The van der Waals surface area contributed by atoms with E-state index in [1.807, 2.05) is 6.92 Å². The summed E-state index contributed by atoms with van der Waals surface area (Å²) in [5, 5.41) is 9.28. The van der Waals surface area contributed by atoms with Gasteiger partial charge in [0, 0.05) is 23.9 Å². The molecule has 0 bridgehead atoms. The number of carbonyl (C=O) groups is 2. The number of ether oxygens (including phenoxy) is 1. The fraction of sp³-hybridized carbons (Fsp3) is 0.353. The van der Waals surface area contributed by atoms with E-state index in [1.54, 1.807) is 38.1 Å². The molecule has 0 saturated carbocycles. The molecule has 2 rings (SSSR count). The monoisotopic (exact) mass is 331 g/mol. The summed E-state index contributed by atoms with van der Waals surface area (Å²) in [6, 6.07) is 6.90. The van der Waals surface area contributed by atoms with Crippen molar-refractivity contribution in [2.75, 3.05) is 18.5 Å². The Morgan fingerprint density at radius 2 is 2.04 bits per heavy atom. The summed E-state index contributed by atoms with van der Waals surface area (Å²) in [6.07, 6.45) is 0.186. The average molecular weight is 331 g/mol. The summed E-state index contributed by atoms with van der Waals surface area (Å²) >= 11 is 0. The molecule has 7 heteroatoms. The molecule has 0 aliphatic rings. The predicted octanol–water partition coefficient (Wildman–Crippen LogP) is 1.99. The number of nitrogens with zero attached hydrogens (tertiary/aromatic N) is 1. The van der Waals surface area contributed by atoms with Crippen LogP contribution in [0.1, 0.15) is 23.9 Å². The van der Waals surface area contributed by atoms with Gasteiger partial charge in [-0.25, -0.2) is 0 Å². The lowest BCUT2D eigenvalue weighted by molar-refractivity contribution is -0.123. The molecule has 24 heavy (non-hydrogen) atoms. The molecule has 1 heterocycles. The van der Waals surface area contributed by atoms with Crippen LogP contribution in [0.5, 0.6) is 5.75 Å². The minimum Gasteiger partial charge on any atom is -0.484 e. The Morgan fingerprint density at radius 3 is 2.71 bits per heavy atom. The fourth-order valence-electron chi connectivity index (χ4n) is 2.18. The van der Waals surface area contributed by atoms with Crippen molar-refractivity contribution < 1.29 is 18.8 Å². The highest BCUT2D eigenvalue weighted by atomic mass is 16.5. The highest BCUT2D eigenvalue weighted by Gasteiger charge is 2.13. The Morgan fingerprint density at radius 1 is 1.25 bits per heavy atom. The molecule has 0 spiro atoms. The Hall–Kier alpha value is -2.83. The highest BCUT2D eigenvalue weighted by molar-refractivity contribution is 5.92. The molecule has 0 aliphatic carbocycles. The smallest absolute Gasteiger partial charge is 0.257 e. The van der Waals surface area contributed by atoms with Gasteiger partial charge in [-0.15, -0.1) is 0 Å². The predicted molar refractivity (Wildman–Crippen MR) is 88.9 cm³/mol. The van der Waals surface area contributed by atoms with Gasteiger partial charge in [-0.1, -0.05) is 11.2 Å². The molecule has 1 aromatic heterocycles. The third-order valence-corrected chi connectivity index (χ3v) is 3.38. The number of carbonyl (C=O) groups excluding carboxylic acids is 2. The third-order valence-electron chi connectivity index (χ3n) is 3.38. The minimum atomic E-state index is -0.189. The number of likely N-dealkylation sites (N-methyl/N-ethyl adjacent to an activating group) is 1. The Labute approximate surface area is 140 Å². The van der Waals surface area contributed by atoms with E-state index in [4.69, 9.17) is 9.26 Å². The van der Waals surface area contributed by atoms with Crippen molar-refractivity contribution in [3.8, 4) is 5.75 Å². The zero-order valence-electron chi connectivity index (χ0n) is 14.0. The molecule has 2 amide bonds. The zero-order valence-corrected chi connectivity index (χ0v) is 14.0. The number of aryl methyl sites for hydroxylation is 2. The first kappa shape index (κ1) is 17.5. The van der Waals surface area contributed by atoms with Crippen LogP contribution < -0.4 is 15.4 Å². The van der Waals surface area contributed by atoms with E-state index in [2.05, 4.69) is 15.8 Å². The maximum atomic E-state index is 12.2. The number of rotatable bonds is 7. The normalized spacial score (nSPS) is 10.3. The van der Waals surface area contributed by atoms with Gasteiger partial charge in [-0.05, 0) is 32.9 Å². The SMILES string of the molecule is CCNC(=O)COc1cccc(NC(=O)Cc2c(C)noc2C)c1. The van der Waals surface area contributed by atoms with Crippen molar-refractivity contribution in [3.63, 3.8) is 0 Å². The van der Waals surface area contributed by atoms with E-state index >= 15 is 0 Å². The van der Waals surface area contributed by atoms with E-state index in [0.717, 1.165) is 5.56 Å². The second kappa shape index (κ2) is 8.14. The molecule has 0 fully saturated rings. The van der Waals surface area contributed by atoms with Crippen LogP contribution >= 0.6 is 0 Å². The lowest BCUT2D eigenvalue weighted by atomic mass is 10.1. The molecule has 0 unspecified atom stereocenters. The lowest BCUT2D eigenvalue weighted by Gasteiger charge is -2.09. The molecule has 0 radical (unpaired) electrons. The van der Waals surface area contributed by atoms with Gasteiger partial charge in [0.25, 0.3) is 5.91 Å². The van der Waals surface area contributed by atoms with Gasteiger partial charge in [0.1, 0.15) is 11.5 Å². The second-order valence-electron chi connectivity index (χ2n) is 5.30. The third kappa shape index (κ3) is 4.84. The van der Waals surface area contributed by atoms with Crippen LogP contribution in [0, 0.1) is 13.8 Å². The first-order valence-electron chi connectivity index (χ1n) is 7.70. The van der Waals surface area contributed by atoms with E-state index in [1.165, 1.54) is 0 Å². The van der Waals surface area contributed by atoms with E-state index in [9.17, 15) is 9.59 Å². The van der Waals surface area contributed by atoms with Gasteiger partial charge in [-0.2, -0.15) is 0 Å². The molecule has 7 nitrogen and oxygen atoms in total. The number of hydrogen-bond acceptors (Lipinski definition) is 5. The summed E-state index contributed by atoms with van der Waals surface area (Å²) in [6.45, 7) is 5.91. The number of aromatic nitrogens is 1. The van der Waals surface area contributed by atoms with Gasteiger partial charge in [-0.3, -0.25) is 9.59 Å². The molecule has 2 aromatic rings. The van der Waals surface area contributed by atoms with Crippen LogP contribution in [0.3, 0.4) is 0 Å². The zero-order chi connectivity index (χ0) is 17.5. The van der Waals surface area contributed by atoms with Gasteiger partial charge in [0.2, 0.25) is 5.91 Å². The Bertz CT molecular complexity index is 705. The molecule has 2 N–H and O–H groups in total. The topological polar surface area (TPSA) is 93.5 Å². The molecule has 0 saturated heterocycles. The first-order valence-corrected chi connectivity index (χ1v) is 7.70. The van der Waals surface area contributed by atoms with E-state index < -0.39 is 0 Å². The maximum Gasteiger partial charge on any atom is 0.257 e. The first-order chi connectivity index (χ1) is 11.5. The summed E-state index contributed by atoms with van der Waals surface area (Å²) < 4.78 is 10.5. The van der Waals surface area contributed by atoms with Gasteiger partial charge in [0.05, 0.1) is 12.1 Å². The fourth-order valence-corrected chi connectivity index (χ4v) is 2.18. The van der Waals surface area contributed by atoms with Crippen LogP contribution in [0.25, 0.3) is 0 Å². The highest BCUT2D eigenvalue weighted by Crippen LogP contribution is 2.18. The van der Waals surface area contributed by atoms with Gasteiger partial charge in [0.15, 0.2) is 6.61 Å². The van der Waals surface area contributed by atoms with E-state index in [0.29, 0.717) is 29.4 Å². The van der Waals surface area contributed by atoms with Crippen molar-refractivity contribution in [2.24, 2.45) is 0 Å².